The van der Waals surface area contributed by atoms with Gasteiger partial charge in [-0.3, -0.25) is 4.79 Å². The van der Waals surface area contributed by atoms with Gasteiger partial charge in [0.25, 0.3) is 0 Å². The summed E-state index contributed by atoms with van der Waals surface area (Å²) >= 11 is 6.13. The minimum atomic E-state index is -3.70. The van der Waals surface area contributed by atoms with Crippen molar-refractivity contribution in [1.82, 2.24) is 9.62 Å². The molecule has 8 heteroatoms. The largest absolute Gasteiger partial charge is 0.492 e. The number of benzene rings is 1. The molecule has 1 saturated heterocycles. The lowest BCUT2D eigenvalue weighted by atomic mass is 9.98. The molecule has 0 saturated carbocycles. The van der Waals surface area contributed by atoms with Crippen molar-refractivity contribution in [3.05, 3.63) is 23.2 Å². The van der Waals surface area contributed by atoms with Crippen LogP contribution in [0.5, 0.6) is 5.75 Å². The predicted molar refractivity (Wildman–Crippen MR) is 102 cm³/mol. The highest BCUT2D eigenvalue weighted by Crippen LogP contribution is 2.30. The van der Waals surface area contributed by atoms with Gasteiger partial charge in [-0.05, 0) is 51.3 Å². The van der Waals surface area contributed by atoms with Gasteiger partial charge in [0.05, 0.1) is 22.4 Å². The summed E-state index contributed by atoms with van der Waals surface area (Å²) in [6, 6.07) is 4.55. The van der Waals surface area contributed by atoms with E-state index >= 15 is 0 Å². The summed E-state index contributed by atoms with van der Waals surface area (Å²) in [6.45, 7) is 6.81. The van der Waals surface area contributed by atoms with Crippen molar-refractivity contribution < 1.29 is 17.9 Å². The third-order valence-electron chi connectivity index (χ3n) is 4.60. The predicted octanol–water partition coefficient (Wildman–Crippen LogP) is 3.05. The zero-order valence-corrected chi connectivity index (χ0v) is 17.1. The molecule has 0 unspecified atom stereocenters. The van der Waals surface area contributed by atoms with E-state index in [0.717, 1.165) is 6.42 Å². The molecule has 2 atom stereocenters. The Bertz CT molecular complexity index is 739. The first kappa shape index (κ1) is 21.0. The number of carbonyl (C=O) groups excluding carboxylic acids is 1. The lowest BCUT2D eigenvalue weighted by Gasteiger charge is -2.31. The van der Waals surface area contributed by atoms with Crippen LogP contribution in [0.2, 0.25) is 5.02 Å². The number of rotatable bonds is 7. The molecular weight excluding hydrogens is 376 g/mol. The van der Waals surface area contributed by atoms with Crippen LogP contribution in [0.25, 0.3) is 0 Å². The van der Waals surface area contributed by atoms with Crippen LogP contribution in [0.15, 0.2) is 23.1 Å². The summed E-state index contributed by atoms with van der Waals surface area (Å²) in [5, 5.41) is 3.20. The summed E-state index contributed by atoms with van der Waals surface area (Å²) in [5.74, 6) is 0.0484. The van der Waals surface area contributed by atoms with E-state index in [1.807, 2.05) is 20.8 Å². The van der Waals surface area contributed by atoms with Crippen LogP contribution < -0.4 is 10.1 Å². The lowest BCUT2D eigenvalue weighted by molar-refractivity contribution is -0.126. The van der Waals surface area contributed by atoms with Crippen LogP contribution in [-0.2, 0) is 14.8 Å². The molecule has 1 aliphatic heterocycles. The Kier molecular flexibility index (Phi) is 7.32. The number of halogens is 1. The molecule has 146 valence electrons. The first-order chi connectivity index (χ1) is 12.3. The van der Waals surface area contributed by atoms with Gasteiger partial charge in [-0.2, -0.15) is 4.31 Å². The van der Waals surface area contributed by atoms with Gasteiger partial charge < -0.3 is 10.1 Å². The Morgan fingerprint density at radius 2 is 2.15 bits per heavy atom. The molecular formula is C18H27ClN2O4S. The fourth-order valence-electron chi connectivity index (χ4n) is 2.90. The number of amides is 1. The van der Waals surface area contributed by atoms with Gasteiger partial charge in [0.15, 0.2) is 0 Å². The Balaban J connectivity index is 2.15. The van der Waals surface area contributed by atoms with E-state index in [0.29, 0.717) is 31.7 Å². The number of carbonyl (C=O) groups is 1. The summed E-state index contributed by atoms with van der Waals surface area (Å²) in [5.41, 5.74) is 0. The van der Waals surface area contributed by atoms with E-state index in [-0.39, 0.29) is 34.3 Å². The van der Waals surface area contributed by atoms with Crippen LogP contribution in [0.3, 0.4) is 0 Å². The second kappa shape index (κ2) is 9.06. The number of nitrogens with one attached hydrogen (secondary N) is 1. The minimum Gasteiger partial charge on any atom is -0.492 e. The average Bonchev–Trinajstić information content (AvgIpc) is 2.63. The van der Waals surface area contributed by atoms with Crippen molar-refractivity contribution in [3.63, 3.8) is 0 Å². The number of ether oxygens (including phenoxy) is 1. The van der Waals surface area contributed by atoms with E-state index in [2.05, 4.69) is 5.32 Å². The second-order valence-electron chi connectivity index (χ2n) is 6.55. The number of hydrogen-bond donors (Lipinski definition) is 1. The quantitative estimate of drug-likeness (QED) is 0.760. The first-order valence-electron chi connectivity index (χ1n) is 9.02. The highest BCUT2D eigenvalue weighted by atomic mass is 35.5. The maximum atomic E-state index is 12.9. The van der Waals surface area contributed by atoms with E-state index in [1.165, 1.54) is 16.4 Å². The fourth-order valence-corrected chi connectivity index (χ4v) is 4.75. The lowest BCUT2D eigenvalue weighted by Crippen LogP contribution is -2.46. The highest BCUT2D eigenvalue weighted by molar-refractivity contribution is 7.89. The number of piperidine rings is 1. The van der Waals surface area contributed by atoms with E-state index in [9.17, 15) is 13.2 Å². The van der Waals surface area contributed by atoms with Gasteiger partial charge in [-0.25, -0.2) is 8.42 Å². The van der Waals surface area contributed by atoms with Crippen molar-refractivity contribution in [2.24, 2.45) is 5.92 Å². The molecule has 0 spiro atoms. The van der Waals surface area contributed by atoms with Crippen molar-refractivity contribution in [1.29, 1.82) is 0 Å². The van der Waals surface area contributed by atoms with Crippen molar-refractivity contribution in [2.75, 3.05) is 19.7 Å². The van der Waals surface area contributed by atoms with Gasteiger partial charge in [-0.15, -0.1) is 0 Å². The highest BCUT2D eigenvalue weighted by Gasteiger charge is 2.33. The zero-order valence-electron chi connectivity index (χ0n) is 15.5. The molecule has 1 aromatic carbocycles. The molecule has 0 radical (unpaired) electrons. The second-order valence-corrected chi connectivity index (χ2v) is 8.89. The molecule has 1 amide bonds. The SMILES string of the molecule is CCOc1ccc(S(=O)(=O)N2CCC[C@@H](C(=O)N[C@@H](C)CC)C2)cc1Cl. The van der Waals surface area contributed by atoms with Gasteiger partial charge in [0, 0.05) is 19.1 Å². The van der Waals surface area contributed by atoms with Crippen LogP contribution >= 0.6 is 11.6 Å². The third-order valence-corrected chi connectivity index (χ3v) is 6.75. The summed E-state index contributed by atoms with van der Waals surface area (Å²) in [4.78, 5) is 12.5. The molecule has 1 heterocycles. The van der Waals surface area contributed by atoms with E-state index in [4.69, 9.17) is 16.3 Å². The molecule has 0 aliphatic carbocycles. The first-order valence-corrected chi connectivity index (χ1v) is 10.8. The van der Waals surface area contributed by atoms with E-state index in [1.54, 1.807) is 6.07 Å². The minimum absolute atomic E-state index is 0.0797. The van der Waals surface area contributed by atoms with Gasteiger partial charge in [0.2, 0.25) is 15.9 Å². The average molecular weight is 403 g/mol. The summed E-state index contributed by atoms with van der Waals surface area (Å²) < 4.78 is 32.6. The third kappa shape index (κ3) is 4.90. The van der Waals surface area contributed by atoms with Crippen molar-refractivity contribution in [3.8, 4) is 5.75 Å². The number of nitrogens with zero attached hydrogens (tertiary/aromatic N) is 1. The Morgan fingerprint density at radius 1 is 1.42 bits per heavy atom. The van der Waals surface area contributed by atoms with Crippen LogP contribution in [-0.4, -0.2) is 44.4 Å². The Hall–Kier alpha value is -1.31. The Labute approximate surface area is 160 Å². The van der Waals surface area contributed by atoms with Gasteiger partial charge in [-0.1, -0.05) is 18.5 Å². The molecule has 1 fully saturated rings. The molecule has 1 N–H and O–H groups in total. The zero-order chi connectivity index (χ0) is 19.3. The summed E-state index contributed by atoms with van der Waals surface area (Å²) in [6.07, 6.45) is 2.19. The Morgan fingerprint density at radius 3 is 2.77 bits per heavy atom. The smallest absolute Gasteiger partial charge is 0.243 e. The molecule has 0 aromatic heterocycles. The van der Waals surface area contributed by atoms with Crippen LogP contribution in [0, 0.1) is 5.92 Å². The van der Waals surface area contributed by atoms with Crippen LogP contribution in [0.1, 0.15) is 40.0 Å². The maximum absolute atomic E-state index is 12.9. The maximum Gasteiger partial charge on any atom is 0.243 e. The van der Waals surface area contributed by atoms with Crippen molar-refractivity contribution in [2.45, 2.75) is 51.0 Å². The van der Waals surface area contributed by atoms with Gasteiger partial charge in [0.1, 0.15) is 5.75 Å². The number of hydrogen-bond acceptors (Lipinski definition) is 4. The summed E-state index contributed by atoms with van der Waals surface area (Å²) in [7, 11) is -3.70. The molecule has 2 rings (SSSR count). The molecule has 26 heavy (non-hydrogen) atoms. The normalized spacial score (nSPS) is 19.8. The van der Waals surface area contributed by atoms with E-state index < -0.39 is 10.0 Å². The van der Waals surface area contributed by atoms with Crippen molar-refractivity contribution >= 4 is 27.5 Å². The van der Waals surface area contributed by atoms with Gasteiger partial charge >= 0.3 is 0 Å². The molecule has 0 bridgehead atoms. The van der Waals surface area contributed by atoms with Crippen LogP contribution in [0.4, 0.5) is 0 Å². The topological polar surface area (TPSA) is 75.7 Å². The standard InChI is InChI=1S/C18H27ClN2O4S/c1-4-13(3)20-18(22)14-7-6-10-21(12-14)26(23,24)15-8-9-17(25-5-2)16(19)11-15/h8-9,11,13-14H,4-7,10,12H2,1-3H3,(H,20,22)/t13-,14+/m0/s1. The molecule has 6 nitrogen and oxygen atoms in total. The number of sulfonamides is 1. The molecule has 1 aliphatic rings. The monoisotopic (exact) mass is 402 g/mol. The molecule has 1 aromatic rings. The fraction of sp³-hybridized carbons (Fsp3) is 0.611.